The van der Waals surface area contributed by atoms with Crippen LogP contribution in [0.5, 0.6) is 5.75 Å². The second-order valence-corrected chi connectivity index (χ2v) is 5.35. The molecular formula is C14H19F2NO. The van der Waals surface area contributed by atoms with Gasteiger partial charge in [-0.05, 0) is 18.7 Å². The molecule has 1 saturated carbocycles. The number of benzene rings is 1. The van der Waals surface area contributed by atoms with E-state index < -0.39 is 11.6 Å². The van der Waals surface area contributed by atoms with Gasteiger partial charge in [0.15, 0.2) is 11.6 Å². The molecule has 0 bridgehead atoms. The number of rotatable bonds is 4. The minimum Gasteiger partial charge on any atom is -0.487 e. The topological polar surface area (TPSA) is 21.3 Å². The second kappa shape index (κ2) is 4.84. The first kappa shape index (κ1) is 13.3. The fraction of sp³-hybridized carbons (Fsp3) is 0.571. The van der Waals surface area contributed by atoms with E-state index in [0.717, 1.165) is 31.2 Å². The lowest BCUT2D eigenvalue weighted by Gasteiger charge is -2.51. The number of hydrogen-bond donors (Lipinski definition) is 1. The highest BCUT2D eigenvalue weighted by atomic mass is 19.1. The third kappa shape index (κ3) is 2.34. The lowest BCUT2D eigenvalue weighted by atomic mass is 9.64. The van der Waals surface area contributed by atoms with Crippen molar-refractivity contribution < 1.29 is 13.5 Å². The Balaban J connectivity index is 2.05. The summed E-state index contributed by atoms with van der Waals surface area (Å²) in [5, 5.41) is 3.37. The van der Waals surface area contributed by atoms with Gasteiger partial charge in [0, 0.05) is 23.9 Å². The molecule has 0 spiro atoms. The highest BCUT2D eigenvalue weighted by molar-refractivity contribution is 5.26. The van der Waals surface area contributed by atoms with Crippen LogP contribution >= 0.6 is 0 Å². The normalized spacial score (nSPS) is 25.6. The van der Waals surface area contributed by atoms with Crippen molar-refractivity contribution in [2.75, 3.05) is 6.54 Å². The molecule has 1 aliphatic rings. The molecule has 0 heterocycles. The second-order valence-electron chi connectivity index (χ2n) is 5.35. The molecule has 1 N–H and O–H groups in total. The summed E-state index contributed by atoms with van der Waals surface area (Å²) in [5.41, 5.74) is -0.0746. The molecule has 0 saturated heterocycles. The molecule has 2 nitrogen and oxygen atoms in total. The Morgan fingerprint density at radius 3 is 2.72 bits per heavy atom. The minimum atomic E-state index is -0.515. The van der Waals surface area contributed by atoms with Crippen LogP contribution in [0.2, 0.25) is 0 Å². The van der Waals surface area contributed by atoms with Crippen LogP contribution in [-0.4, -0.2) is 18.7 Å². The molecule has 4 heteroatoms. The van der Waals surface area contributed by atoms with Gasteiger partial charge in [-0.25, -0.2) is 8.78 Å². The van der Waals surface area contributed by atoms with Crippen molar-refractivity contribution in [3.8, 4) is 5.75 Å². The lowest BCUT2D eigenvalue weighted by molar-refractivity contribution is -0.0559. The first-order valence-electron chi connectivity index (χ1n) is 6.30. The summed E-state index contributed by atoms with van der Waals surface area (Å²) in [4.78, 5) is 0. The van der Waals surface area contributed by atoms with Gasteiger partial charge >= 0.3 is 0 Å². The Morgan fingerprint density at radius 2 is 2.11 bits per heavy atom. The van der Waals surface area contributed by atoms with Gasteiger partial charge in [0.1, 0.15) is 11.9 Å². The fourth-order valence-electron chi connectivity index (χ4n) is 2.40. The van der Waals surface area contributed by atoms with E-state index in [-0.39, 0.29) is 17.3 Å². The smallest absolute Gasteiger partial charge is 0.165 e. The van der Waals surface area contributed by atoms with Crippen LogP contribution in [0.4, 0.5) is 8.78 Å². The minimum absolute atomic E-state index is 0.00280. The molecular weight excluding hydrogens is 236 g/mol. The zero-order valence-corrected chi connectivity index (χ0v) is 11.0. The maximum atomic E-state index is 13.5. The van der Waals surface area contributed by atoms with Gasteiger partial charge in [0.25, 0.3) is 0 Å². The number of nitrogens with one attached hydrogen (secondary N) is 1. The van der Waals surface area contributed by atoms with E-state index in [1.54, 1.807) is 0 Å². The standard InChI is InChI=1S/C14H19F2NO/c1-4-17-12-8-13(14(12,2)3)18-11-7-9(15)5-6-10(11)16/h5-7,12-13,17H,4,8H2,1-3H3. The van der Waals surface area contributed by atoms with Crippen LogP contribution < -0.4 is 10.1 Å². The van der Waals surface area contributed by atoms with Crippen LogP contribution in [0.15, 0.2) is 18.2 Å². The Morgan fingerprint density at radius 1 is 1.39 bits per heavy atom. The van der Waals surface area contributed by atoms with Crippen molar-refractivity contribution in [2.45, 2.75) is 39.3 Å². The molecule has 2 unspecified atom stereocenters. The van der Waals surface area contributed by atoms with Crippen molar-refractivity contribution in [3.63, 3.8) is 0 Å². The molecule has 0 amide bonds. The molecule has 1 aromatic carbocycles. The van der Waals surface area contributed by atoms with E-state index in [1.165, 1.54) is 0 Å². The van der Waals surface area contributed by atoms with E-state index in [9.17, 15) is 8.78 Å². The van der Waals surface area contributed by atoms with Crippen LogP contribution in [0.25, 0.3) is 0 Å². The molecule has 2 rings (SSSR count). The first-order chi connectivity index (χ1) is 8.45. The zero-order valence-electron chi connectivity index (χ0n) is 11.0. The molecule has 1 aliphatic carbocycles. The predicted octanol–water partition coefficient (Wildman–Crippen LogP) is 3.12. The molecule has 100 valence electrons. The predicted molar refractivity (Wildman–Crippen MR) is 66.6 cm³/mol. The van der Waals surface area contributed by atoms with Gasteiger partial charge in [-0.1, -0.05) is 20.8 Å². The fourth-order valence-corrected chi connectivity index (χ4v) is 2.40. The summed E-state index contributed by atoms with van der Waals surface area (Å²) in [6, 6.07) is 3.66. The molecule has 0 aliphatic heterocycles. The van der Waals surface area contributed by atoms with Crippen molar-refractivity contribution in [1.29, 1.82) is 0 Å². The van der Waals surface area contributed by atoms with Crippen molar-refractivity contribution >= 4 is 0 Å². The Kier molecular flexibility index (Phi) is 3.57. The van der Waals surface area contributed by atoms with E-state index in [2.05, 4.69) is 26.1 Å². The molecule has 0 aromatic heterocycles. The van der Waals surface area contributed by atoms with Crippen LogP contribution in [0.3, 0.4) is 0 Å². The average molecular weight is 255 g/mol. The van der Waals surface area contributed by atoms with E-state index in [4.69, 9.17) is 4.74 Å². The Bertz CT molecular complexity index is 434. The molecule has 0 radical (unpaired) electrons. The third-order valence-electron chi connectivity index (χ3n) is 3.79. The number of halogens is 2. The summed E-state index contributed by atoms with van der Waals surface area (Å²) < 4.78 is 32.1. The zero-order chi connectivity index (χ0) is 13.3. The average Bonchev–Trinajstić information content (AvgIpc) is 2.32. The van der Waals surface area contributed by atoms with Gasteiger partial charge in [-0.15, -0.1) is 0 Å². The summed E-state index contributed by atoms with van der Waals surface area (Å²) in [7, 11) is 0. The molecule has 18 heavy (non-hydrogen) atoms. The largest absolute Gasteiger partial charge is 0.487 e. The molecule has 1 aromatic rings. The lowest BCUT2D eigenvalue weighted by Crippen LogP contribution is -2.62. The summed E-state index contributed by atoms with van der Waals surface area (Å²) in [5.74, 6) is -0.992. The summed E-state index contributed by atoms with van der Waals surface area (Å²) in [6.45, 7) is 7.10. The number of ether oxygens (including phenoxy) is 1. The van der Waals surface area contributed by atoms with Crippen LogP contribution in [0, 0.1) is 17.0 Å². The monoisotopic (exact) mass is 255 g/mol. The van der Waals surface area contributed by atoms with Gasteiger partial charge in [0.05, 0.1) is 0 Å². The van der Waals surface area contributed by atoms with Gasteiger partial charge in [-0.2, -0.15) is 0 Å². The van der Waals surface area contributed by atoms with Crippen molar-refractivity contribution in [3.05, 3.63) is 29.8 Å². The first-order valence-corrected chi connectivity index (χ1v) is 6.30. The molecule has 1 fully saturated rings. The Labute approximate surface area is 106 Å². The van der Waals surface area contributed by atoms with Crippen LogP contribution in [0.1, 0.15) is 27.2 Å². The van der Waals surface area contributed by atoms with E-state index in [1.807, 2.05) is 0 Å². The van der Waals surface area contributed by atoms with Crippen molar-refractivity contribution in [2.24, 2.45) is 5.41 Å². The molecule has 2 atom stereocenters. The highest BCUT2D eigenvalue weighted by Crippen LogP contribution is 2.43. The summed E-state index contributed by atoms with van der Waals surface area (Å²) >= 11 is 0. The summed E-state index contributed by atoms with van der Waals surface area (Å²) in [6.07, 6.45) is 0.731. The third-order valence-corrected chi connectivity index (χ3v) is 3.79. The number of hydrogen-bond acceptors (Lipinski definition) is 2. The van der Waals surface area contributed by atoms with Gasteiger partial charge < -0.3 is 10.1 Å². The quantitative estimate of drug-likeness (QED) is 0.892. The van der Waals surface area contributed by atoms with Gasteiger partial charge in [0.2, 0.25) is 0 Å². The Hall–Kier alpha value is -1.16. The maximum absolute atomic E-state index is 13.5. The van der Waals surface area contributed by atoms with Gasteiger partial charge in [-0.3, -0.25) is 0 Å². The van der Waals surface area contributed by atoms with E-state index in [0.29, 0.717) is 6.04 Å². The van der Waals surface area contributed by atoms with Crippen molar-refractivity contribution in [1.82, 2.24) is 5.32 Å². The SMILES string of the molecule is CCNC1CC(Oc2cc(F)ccc2F)C1(C)C. The maximum Gasteiger partial charge on any atom is 0.165 e. The van der Waals surface area contributed by atoms with Crippen LogP contribution in [-0.2, 0) is 0 Å². The highest BCUT2D eigenvalue weighted by Gasteiger charge is 2.49. The van der Waals surface area contributed by atoms with E-state index >= 15 is 0 Å².